The Hall–Kier alpha value is -0.810. The number of aliphatic imine (C=N–C) groups is 1. The molecule has 0 aliphatic carbocycles. The zero-order valence-corrected chi connectivity index (χ0v) is 8.57. The number of guanidine groups is 1. The molecule has 2 heterocycles. The molecule has 3 N–H and O–H groups in total. The number of ether oxygens (including phenoxy) is 1. The van der Waals surface area contributed by atoms with E-state index >= 15 is 0 Å². The molecular formula is C9H18N4O. The molecular weight excluding hydrogens is 180 g/mol. The van der Waals surface area contributed by atoms with Gasteiger partial charge in [-0.05, 0) is 6.92 Å². The summed E-state index contributed by atoms with van der Waals surface area (Å²) in [6.45, 7) is 6.33. The molecule has 5 heteroatoms. The second kappa shape index (κ2) is 4.14. The lowest BCUT2D eigenvalue weighted by atomic mass is 10.1. The predicted molar refractivity (Wildman–Crippen MR) is 55.3 cm³/mol. The number of hydrogen-bond acceptors (Lipinski definition) is 5. The minimum absolute atomic E-state index is 0.0832. The average Bonchev–Trinajstić information content (AvgIpc) is 2.71. The highest BCUT2D eigenvalue weighted by atomic mass is 16.5. The van der Waals surface area contributed by atoms with Crippen molar-refractivity contribution in [3.05, 3.63) is 0 Å². The minimum Gasteiger partial charge on any atom is -0.373 e. The summed E-state index contributed by atoms with van der Waals surface area (Å²) in [5.41, 5.74) is 5.82. The van der Waals surface area contributed by atoms with Crippen molar-refractivity contribution in [2.75, 3.05) is 32.8 Å². The minimum atomic E-state index is 0.0832. The summed E-state index contributed by atoms with van der Waals surface area (Å²) in [4.78, 5) is 6.61. The topological polar surface area (TPSA) is 62.9 Å². The Kier molecular flexibility index (Phi) is 2.88. The molecule has 2 aliphatic heterocycles. The largest absolute Gasteiger partial charge is 0.373 e. The number of rotatable bonds is 1. The van der Waals surface area contributed by atoms with Gasteiger partial charge in [-0.2, -0.15) is 0 Å². The second-order valence-corrected chi connectivity index (χ2v) is 3.85. The van der Waals surface area contributed by atoms with Crippen LogP contribution >= 0.6 is 0 Å². The molecule has 5 nitrogen and oxygen atoms in total. The lowest BCUT2D eigenvalue weighted by Gasteiger charge is -2.35. The molecule has 1 fully saturated rings. The summed E-state index contributed by atoms with van der Waals surface area (Å²) in [7, 11) is 0. The molecule has 2 atom stereocenters. The van der Waals surface area contributed by atoms with Crippen molar-refractivity contribution in [1.82, 2.24) is 10.2 Å². The molecule has 0 amide bonds. The number of nitrogens with one attached hydrogen (secondary N) is 1. The zero-order chi connectivity index (χ0) is 9.97. The quantitative estimate of drug-likeness (QED) is 0.567. The maximum absolute atomic E-state index is 5.82. The van der Waals surface area contributed by atoms with E-state index in [1.54, 1.807) is 0 Å². The van der Waals surface area contributed by atoms with Gasteiger partial charge in [0.05, 0.1) is 19.3 Å². The second-order valence-electron chi connectivity index (χ2n) is 3.85. The molecule has 0 aromatic heterocycles. The molecule has 1 saturated heterocycles. The Morgan fingerprint density at radius 3 is 3.21 bits per heavy atom. The Balaban J connectivity index is 1.93. The van der Waals surface area contributed by atoms with E-state index in [0.29, 0.717) is 0 Å². The van der Waals surface area contributed by atoms with Crippen molar-refractivity contribution in [2.45, 2.75) is 19.1 Å². The van der Waals surface area contributed by atoms with E-state index in [2.05, 4.69) is 15.2 Å². The van der Waals surface area contributed by atoms with Crippen molar-refractivity contribution in [3.8, 4) is 0 Å². The summed E-state index contributed by atoms with van der Waals surface area (Å²) >= 11 is 0. The van der Waals surface area contributed by atoms with Gasteiger partial charge in [-0.25, -0.2) is 0 Å². The van der Waals surface area contributed by atoms with Gasteiger partial charge < -0.3 is 20.7 Å². The standard InChI is InChI=1S/C9H18N4O/c1-7(10)8-6-13(4-5-14-8)9-11-2-3-12-9/h7-8H,2-6,10H2,1H3,(H,11,12). The van der Waals surface area contributed by atoms with Crippen molar-refractivity contribution in [2.24, 2.45) is 10.7 Å². The number of nitrogens with two attached hydrogens (primary N) is 1. The average molecular weight is 198 g/mol. The van der Waals surface area contributed by atoms with Crippen LogP contribution in [0, 0.1) is 0 Å². The first kappa shape index (κ1) is 9.73. The third-order valence-corrected chi connectivity index (χ3v) is 2.64. The van der Waals surface area contributed by atoms with Gasteiger partial charge in [-0.1, -0.05) is 0 Å². The van der Waals surface area contributed by atoms with Crippen LogP contribution in [0.4, 0.5) is 0 Å². The molecule has 0 saturated carbocycles. The van der Waals surface area contributed by atoms with E-state index in [9.17, 15) is 0 Å². The van der Waals surface area contributed by atoms with Gasteiger partial charge >= 0.3 is 0 Å². The number of hydrogen-bond donors (Lipinski definition) is 2. The Morgan fingerprint density at radius 1 is 1.71 bits per heavy atom. The fourth-order valence-electron chi connectivity index (χ4n) is 1.78. The normalized spacial score (nSPS) is 29.7. The van der Waals surface area contributed by atoms with Gasteiger partial charge in [0.25, 0.3) is 0 Å². The summed E-state index contributed by atoms with van der Waals surface area (Å²) in [5.74, 6) is 1.01. The summed E-state index contributed by atoms with van der Waals surface area (Å²) in [6.07, 6.45) is 0.133. The van der Waals surface area contributed by atoms with E-state index in [4.69, 9.17) is 10.5 Å². The summed E-state index contributed by atoms with van der Waals surface area (Å²) in [5, 5.41) is 3.27. The van der Waals surface area contributed by atoms with Crippen molar-refractivity contribution in [3.63, 3.8) is 0 Å². The van der Waals surface area contributed by atoms with Crippen molar-refractivity contribution < 1.29 is 4.74 Å². The fraction of sp³-hybridized carbons (Fsp3) is 0.889. The summed E-state index contributed by atoms with van der Waals surface area (Å²) in [6, 6.07) is 0.0832. The third-order valence-electron chi connectivity index (χ3n) is 2.64. The van der Waals surface area contributed by atoms with Gasteiger partial charge in [0.1, 0.15) is 0 Å². The maximum Gasteiger partial charge on any atom is 0.194 e. The predicted octanol–water partition coefficient (Wildman–Crippen LogP) is -1.01. The van der Waals surface area contributed by atoms with Gasteiger partial charge in [-0.3, -0.25) is 4.99 Å². The maximum atomic E-state index is 5.82. The highest BCUT2D eigenvalue weighted by Crippen LogP contribution is 2.08. The molecule has 2 aliphatic rings. The highest BCUT2D eigenvalue weighted by molar-refractivity contribution is 5.81. The van der Waals surface area contributed by atoms with E-state index in [-0.39, 0.29) is 12.1 Å². The molecule has 0 spiro atoms. The molecule has 0 aromatic rings. The first-order valence-electron chi connectivity index (χ1n) is 5.18. The fourth-order valence-corrected chi connectivity index (χ4v) is 1.78. The Labute approximate surface area is 84.3 Å². The number of morpholine rings is 1. The van der Waals surface area contributed by atoms with Crippen LogP contribution in [-0.2, 0) is 4.74 Å². The van der Waals surface area contributed by atoms with E-state index in [0.717, 1.165) is 38.7 Å². The first-order valence-corrected chi connectivity index (χ1v) is 5.18. The van der Waals surface area contributed by atoms with Crippen molar-refractivity contribution >= 4 is 5.96 Å². The Bertz CT molecular complexity index is 229. The Morgan fingerprint density at radius 2 is 2.57 bits per heavy atom. The molecule has 2 unspecified atom stereocenters. The molecule has 2 rings (SSSR count). The molecule has 0 aromatic carbocycles. The smallest absolute Gasteiger partial charge is 0.194 e. The van der Waals surface area contributed by atoms with Crippen LogP contribution in [0.25, 0.3) is 0 Å². The number of nitrogens with zero attached hydrogens (tertiary/aromatic N) is 2. The van der Waals surface area contributed by atoms with Gasteiger partial charge in [0.15, 0.2) is 5.96 Å². The third kappa shape index (κ3) is 1.99. The van der Waals surface area contributed by atoms with Crippen LogP contribution in [0.3, 0.4) is 0 Å². The van der Waals surface area contributed by atoms with E-state index in [1.807, 2.05) is 6.92 Å². The van der Waals surface area contributed by atoms with Gasteiger partial charge in [0.2, 0.25) is 0 Å². The van der Waals surface area contributed by atoms with Gasteiger partial charge in [-0.15, -0.1) is 0 Å². The van der Waals surface area contributed by atoms with Crippen molar-refractivity contribution in [1.29, 1.82) is 0 Å². The van der Waals surface area contributed by atoms with Crippen LogP contribution in [0.5, 0.6) is 0 Å². The van der Waals surface area contributed by atoms with Crippen LogP contribution in [0.1, 0.15) is 6.92 Å². The van der Waals surface area contributed by atoms with Crippen LogP contribution in [0.2, 0.25) is 0 Å². The molecule has 0 bridgehead atoms. The molecule has 80 valence electrons. The van der Waals surface area contributed by atoms with Gasteiger partial charge in [0, 0.05) is 25.7 Å². The van der Waals surface area contributed by atoms with Crippen LogP contribution < -0.4 is 11.1 Å². The van der Waals surface area contributed by atoms with E-state index < -0.39 is 0 Å². The molecule has 14 heavy (non-hydrogen) atoms. The first-order chi connectivity index (χ1) is 6.77. The van der Waals surface area contributed by atoms with E-state index in [1.165, 1.54) is 0 Å². The molecule has 0 radical (unpaired) electrons. The summed E-state index contributed by atoms with van der Waals surface area (Å²) < 4.78 is 5.58. The van der Waals surface area contributed by atoms with Crippen LogP contribution in [-0.4, -0.2) is 55.8 Å². The SMILES string of the molecule is CC(N)C1CN(C2=NCCN2)CCO1. The lowest BCUT2D eigenvalue weighted by Crippen LogP contribution is -2.53. The monoisotopic (exact) mass is 198 g/mol. The zero-order valence-electron chi connectivity index (χ0n) is 8.57. The van der Waals surface area contributed by atoms with Crippen LogP contribution in [0.15, 0.2) is 4.99 Å². The lowest BCUT2D eigenvalue weighted by molar-refractivity contribution is -0.0168. The highest BCUT2D eigenvalue weighted by Gasteiger charge is 2.26.